The van der Waals surface area contributed by atoms with Crippen LogP contribution in [0.5, 0.6) is 11.5 Å². The van der Waals surface area contributed by atoms with Gasteiger partial charge in [0, 0.05) is 32.6 Å². The standard InChI is InChI=1S/C20H24N2O6S2/c1-2-27-17-3-5-18(6-4-17)29(23,24)21-10-12-22(13-11-21)30(25,26)19-7-8-20-16(15-19)9-14-28-20/h3-8,15H,2,9-14H2,1H3. The van der Waals surface area contributed by atoms with Crippen LogP contribution in [0.15, 0.2) is 52.3 Å². The highest BCUT2D eigenvalue weighted by Crippen LogP contribution is 2.29. The Morgan fingerprint density at radius 1 is 0.867 bits per heavy atom. The van der Waals surface area contributed by atoms with Crippen molar-refractivity contribution in [2.24, 2.45) is 0 Å². The van der Waals surface area contributed by atoms with Crippen molar-refractivity contribution < 1.29 is 26.3 Å². The second kappa shape index (κ2) is 8.18. The summed E-state index contributed by atoms with van der Waals surface area (Å²) in [5.74, 6) is 1.33. The highest BCUT2D eigenvalue weighted by Gasteiger charge is 2.34. The van der Waals surface area contributed by atoms with Gasteiger partial charge in [-0.05, 0) is 55.0 Å². The summed E-state index contributed by atoms with van der Waals surface area (Å²) in [6, 6.07) is 11.1. The van der Waals surface area contributed by atoms with Gasteiger partial charge in [0.1, 0.15) is 11.5 Å². The molecule has 30 heavy (non-hydrogen) atoms. The van der Waals surface area contributed by atoms with Crippen LogP contribution in [0.25, 0.3) is 0 Å². The van der Waals surface area contributed by atoms with Crippen molar-refractivity contribution in [3.63, 3.8) is 0 Å². The third-order valence-electron chi connectivity index (χ3n) is 5.27. The van der Waals surface area contributed by atoms with Crippen LogP contribution in [0, 0.1) is 0 Å². The molecule has 0 bridgehead atoms. The van der Waals surface area contributed by atoms with Crippen molar-refractivity contribution in [3.05, 3.63) is 48.0 Å². The Kier molecular flexibility index (Phi) is 5.75. The molecule has 0 radical (unpaired) electrons. The zero-order chi connectivity index (χ0) is 21.4. The number of hydrogen-bond acceptors (Lipinski definition) is 6. The van der Waals surface area contributed by atoms with Crippen LogP contribution in [0.2, 0.25) is 0 Å². The first-order valence-electron chi connectivity index (χ1n) is 9.81. The van der Waals surface area contributed by atoms with E-state index in [1.54, 1.807) is 30.3 Å². The second-order valence-electron chi connectivity index (χ2n) is 7.08. The number of ether oxygens (including phenoxy) is 2. The SMILES string of the molecule is CCOc1ccc(S(=O)(=O)N2CCN(S(=O)(=O)c3ccc4c(c3)CCO4)CC2)cc1. The molecule has 162 valence electrons. The van der Waals surface area contributed by atoms with E-state index >= 15 is 0 Å². The fraction of sp³-hybridized carbons (Fsp3) is 0.400. The van der Waals surface area contributed by atoms with Crippen molar-refractivity contribution in [2.75, 3.05) is 39.4 Å². The molecule has 0 aromatic heterocycles. The molecule has 0 amide bonds. The summed E-state index contributed by atoms with van der Waals surface area (Å²) < 4.78 is 65.3. The summed E-state index contributed by atoms with van der Waals surface area (Å²) >= 11 is 0. The van der Waals surface area contributed by atoms with Crippen LogP contribution >= 0.6 is 0 Å². The maximum atomic E-state index is 13.0. The van der Waals surface area contributed by atoms with Gasteiger partial charge in [-0.3, -0.25) is 0 Å². The minimum absolute atomic E-state index is 0.100. The molecule has 0 aliphatic carbocycles. The molecule has 1 fully saturated rings. The number of hydrogen-bond donors (Lipinski definition) is 0. The van der Waals surface area contributed by atoms with Crippen molar-refractivity contribution in [3.8, 4) is 11.5 Å². The molecule has 2 aliphatic heterocycles. The van der Waals surface area contributed by atoms with Crippen molar-refractivity contribution >= 4 is 20.0 Å². The Bertz CT molecular complexity index is 1120. The lowest BCUT2D eigenvalue weighted by Crippen LogP contribution is -2.50. The maximum absolute atomic E-state index is 13.0. The first kappa shape index (κ1) is 21.1. The summed E-state index contributed by atoms with van der Waals surface area (Å²) in [4.78, 5) is 0.385. The monoisotopic (exact) mass is 452 g/mol. The topological polar surface area (TPSA) is 93.2 Å². The summed E-state index contributed by atoms with van der Waals surface area (Å²) in [5, 5.41) is 0. The quantitative estimate of drug-likeness (QED) is 0.663. The van der Waals surface area contributed by atoms with E-state index in [4.69, 9.17) is 9.47 Å². The summed E-state index contributed by atoms with van der Waals surface area (Å²) in [5.41, 5.74) is 0.882. The molecular formula is C20H24N2O6S2. The van der Waals surface area contributed by atoms with Crippen LogP contribution in [-0.4, -0.2) is 64.8 Å². The Morgan fingerprint density at radius 2 is 1.43 bits per heavy atom. The molecule has 10 heteroatoms. The average Bonchev–Trinajstić information content (AvgIpc) is 3.22. The first-order chi connectivity index (χ1) is 14.3. The molecule has 0 atom stereocenters. The van der Waals surface area contributed by atoms with Gasteiger partial charge in [-0.2, -0.15) is 8.61 Å². The Labute approximate surface area is 177 Å². The van der Waals surface area contributed by atoms with E-state index in [9.17, 15) is 16.8 Å². The van der Waals surface area contributed by atoms with Gasteiger partial charge in [0.25, 0.3) is 0 Å². The van der Waals surface area contributed by atoms with Gasteiger partial charge in [-0.1, -0.05) is 0 Å². The van der Waals surface area contributed by atoms with Crippen molar-refractivity contribution in [1.82, 2.24) is 8.61 Å². The minimum Gasteiger partial charge on any atom is -0.494 e. The molecule has 2 aliphatic rings. The van der Waals surface area contributed by atoms with E-state index in [1.165, 1.54) is 20.7 Å². The predicted molar refractivity (Wildman–Crippen MR) is 111 cm³/mol. The Balaban J connectivity index is 1.46. The number of piperazine rings is 1. The highest BCUT2D eigenvalue weighted by atomic mass is 32.2. The van der Waals surface area contributed by atoms with Gasteiger partial charge in [0.05, 0.1) is 23.0 Å². The van der Waals surface area contributed by atoms with E-state index < -0.39 is 20.0 Å². The molecule has 1 saturated heterocycles. The molecule has 0 saturated carbocycles. The van der Waals surface area contributed by atoms with E-state index in [0.717, 1.165) is 11.3 Å². The minimum atomic E-state index is -3.70. The number of sulfonamides is 2. The number of benzene rings is 2. The third-order valence-corrected chi connectivity index (χ3v) is 9.08. The normalized spacial score (nSPS) is 18.0. The molecule has 2 heterocycles. The van der Waals surface area contributed by atoms with Gasteiger partial charge in [0.2, 0.25) is 20.0 Å². The number of rotatable bonds is 6. The third kappa shape index (κ3) is 3.92. The van der Waals surface area contributed by atoms with Crippen molar-refractivity contribution in [1.29, 1.82) is 0 Å². The Hall–Kier alpha value is -2.14. The van der Waals surface area contributed by atoms with Crippen molar-refractivity contribution in [2.45, 2.75) is 23.1 Å². The molecule has 2 aromatic rings. The summed E-state index contributed by atoms with van der Waals surface area (Å²) in [7, 11) is -7.38. The summed E-state index contributed by atoms with van der Waals surface area (Å²) in [6.45, 7) is 3.32. The lowest BCUT2D eigenvalue weighted by Gasteiger charge is -2.33. The Morgan fingerprint density at radius 3 is 2.03 bits per heavy atom. The summed E-state index contributed by atoms with van der Waals surface area (Å²) in [6.07, 6.45) is 0.687. The van der Waals surface area contributed by atoms with Gasteiger partial charge in [-0.25, -0.2) is 16.8 Å². The molecule has 0 N–H and O–H groups in total. The van der Waals surface area contributed by atoms with Gasteiger partial charge >= 0.3 is 0 Å². The van der Waals surface area contributed by atoms with Crippen LogP contribution < -0.4 is 9.47 Å². The average molecular weight is 453 g/mol. The lowest BCUT2D eigenvalue weighted by molar-refractivity contribution is 0.272. The number of fused-ring (bicyclic) bond motifs is 1. The lowest BCUT2D eigenvalue weighted by atomic mass is 10.2. The van der Waals surface area contributed by atoms with Gasteiger partial charge in [-0.15, -0.1) is 0 Å². The fourth-order valence-corrected chi connectivity index (χ4v) is 6.54. The van der Waals surface area contributed by atoms with Gasteiger partial charge < -0.3 is 9.47 Å². The zero-order valence-corrected chi connectivity index (χ0v) is 18.3. The number of nitrogens with zero attached hydrogens (tertiary/aromatic N) is 2. The highest BCUT2D eigenvalue weighted by molar-refractivity contribution is 7.89. The van der Waals surface area contributed by atoms with Crippen LogP contribution in [0.3, 0.4) is 0 Å². The molecular weight excluding hydrogens is 428 g/mol. The molecule has 8 nitrogen and oxygen atoms in total. The molecule has 4 rings (SSSR count). The van der Waals surface area contributed by atoms with E-state index in [-0.39, 0.29) is 36.0 Å². The van der Waals surface area contributed by atoms with Crippen LogP contribution in [0.4, 0.5) is 0 Å². The van der Waals surface area contributed by atoms with Crippen LogP contribution in [0.1, 0.15) is 12.5 Å². The first-order valence-corrected chi connectivity index (χ1v) is 12.7. The van der Waals surface area contributed by atoms with E-state index in [2.05, 4.69) is 0 Å². The molecule has 2 aromatic carbocycles. The zero-order valence-electron chi connectivity index (χ0n) is 16.7. The molecule has 0 spiro atoms. The second-order valence-corrected chi connectivity index (χ2v) is 11.0. The predicted octanol–water partition coefficient (Wildman–Crippen LogP) is 1.72. The van der Waals surface area contributed by atoms with E-state index in [1.807, 2.05) is 6.92 Å². The largest absolute Gasteiger partial charge is 0.494 e. The maximum Gasteiger partial charge on any atom is 0.243 e. The smallest absolute Gasteiger partial charge is 0.243 e. The fourth-order valence-electron chi connectivity index (χ4n) is 3.65. The van der Waals surface area contributed by atoms with Gasteiger partial charge in [0.15, 0.2) is 0 Å². The van der Waals surface area contributed by atoms with E-state index in [0.29, 0.717) is 25.4 Å². The molecule has 0 unspecified atom stereocenters. The van der Waals surface area contributed by atoms with Crippen LogP contribution in [-0.2, 0) is 26.5 Å².